The summed E-state index contributed by atoms with van der Waals surface area (Å²) in [5.74, 6) is 0.413. The molecule has 1 aromatic heterocycles. The quantitative estimate of drug-likeness (QED) is 0.290. The summed E-state index contributed by atoms with van der Waals surface area (Å²) in [4.78, 5) is 19.9. The van der Waals surface area contributed by atoms with Gasteiger partial charge >= 0.3 is 6.36 Å². The van der Waals surface area contributed by atoms with Crippen LogP contribution in [0.5, 0.6) is 11.5 Å². The van der Waals surface area contributed by atoms with Crippen LogP contribution < -0.4 is 20.1 Å². The van der Waals surface area contributed by atoms with Crippen molar-refractivity contribution in [1.29, 1.82) is 0 Å². The number of ether oxygens (including phenoxy) is 2. The molecule has 1 aliphatic rings. The summed E-state index contributed by atoms with van der Waals surface area (Å²) in [6, 6.07) is 11.4. The normalized spacial score (nSPS) is 13.9. The zero-order valence-electron chi connectivity index (χ0n) is 18.6. The summed E-state index contributed by atoms with van der Waals surface area (Å²) < 4.78 is 47.2. The number of methoxy groups -OCH3 is 1. The summed E-state index contributed by atoms with van der Waals surface area (Å²) in [5, 5.41) is 17.8. The number of nitrogens with one attached hydrogen (secondary N) is 2. The zero-order chi connectivity index (χ0) is 25.0. The van der Waals surface area contributed by atoms with E-state index in [-0.39, 0.29) is 34.9 Å². The van der Waals surface area contributed by atoms with Gasteiger partial charge in [0, 0.05) is 17.7 Å². The molecule has 3 aromatic rings. The average Bonchev–Trinajstić information content (AvgIpc) is 3.31. The Hall–Kier alpha value is -4.09. The number of rotatable bonds is 8. The third kappa shape index (κ3) is 6.28. The highest BCUT2D eigenvalue weighted by Crippen LogP contribution is 2.33. The maximum Gasteiger partial charge on any atom is 0.573 e. The molecular formula is C23H22F3N5O4. The molecule has 184 valence electrons. The Kier molecular flexibility index (Phi) is 6.90. The van der Waals surface area contributed by atoms with Crippen molar-refractivity contribution in [2.75, 3.05) is 17.7 Å². The summed E-state index contributed by atoms with van der Waals surface area (Å²) in [5.41, 5.74) is 0.611. The SMILES string of the molecule is COc1ccc(Nc2cc(-c3cccc(OC(F)(F)F)c3)nc(NC3CCCC3)n2)c([N+](=O)[O-])c1. The summed E-state index contributed by atoms with van der Waals surface area (Å²) >= 11 is 0. The van der Waals surface area contributed by atoms with Gasteiger partial charge in [-0.1, -0.05) is 25.0 Å². The predicted molar refractivity (Wildman–Crippen MR) is 123 cm³/mol. The van der Waals surface area contributed by atoms with Gasteiger partial charge in [-0.05, 0) is 37.1 Å². The fourth-order valence-corrected chi connectivity index (χ4v) is 3.86. The topological polar surface area (TPSA) is 111 Å². The lowest BCUT2D eigenvalue weighted by Crippen LogP contribution is -2.17. The molecule has 9 nitrogen and oxygen atoms in total. The molecule has 0 bridgehead atoms. The molecule has 2 aromatic carbocycles. The number of alkyl halides is 3. The predicted octanol–water partition coefficient (Wildman–Crippen LogP) is 6.06. The largest absolute Gasteiger partial charge is 0.573 e. The molecule has 1 saturated carbocycles. The molecule has 0 aliphatic heterocycles. The molecule has 0 spiro atoms. The average molecular weight is 489 g/mol. The van der Waals surface area contributed by atoms with E-state index >= 15 is 0 Å². The van der Waals surface area contributed by atoms with Gasteiger partial charge < -0.3 is 20.1 Å². The van der Waals surface area contributed by atoms with Gasteiger partial charge in [0.25, 0.3) is 5.69 Å². The fraction of sp³-hybridized carbons (Fsp3) is 0.304. The molecule has 12 heteroatoms. The molecule has 1 aliphatic carbocycles. The molecular weight excluding hydrogens is 467 g/mol. The minimum Gasteiger partial charge on any atom is -0.496 e. The maximum absolute atomic E-state index is 12.7. The highest BCUT2D eigenvalue weighted by atomic mass is 19.4. The van der Waals surface area contributed by atoms with Crippen molar-refractivity contribution in [1.82, 2.24) is 9.97 Å². The number of aromatic nitrogens is 2. The van der Waals surface area contributed by atoms with Crippen molar-refractivity contribution in [3.8, 4) is 22.8 Å². The molecule has 0 amide bonds. The number of halogens is 3. The van der Waals surface area contributed by atoms with Crippen LogP contribution in [-0.2, 0) is 0 Å². The molecule has 1 fully saturated rings. The number of hydrogen-bond acceptors (Lipinski definition) is 8. The fourth-order valence-electron chi connectivity index (χ4n) is 3.86. The molecule has 0 atom stereocenters. The van der Waals surface area contributed by atoms with Crippen LogP contribution in [0.15, 0.2) is 48.5 Å². The van der Waals surface area contributed by atoms with Crippen molar-refractivity contribution in [2.45, 2.75) is 38.1 Å². The van der Waals surface area contributed by atoms with E-state index < -0.39 is 11.3 Å². The zero-order valence-corrected chi connectivity index (χ0v) is 18.6. The van der Waals surface area contributed by atoms with Crippen molar-refractivity contribution in [3.05, 3.63) is 58.6 Å². The second kappa shape index (κ2) is 10.0. The Labute approximate surface area is 198 Å². The van der Waals surface area contributed by atoms with E-state index in [2.05, 4.69) is 25.3 Å². The van der Waals surface area contributed by atoms with Crippen LogP contribution in [0, 0.1) is 10.1 Å². The Morgan fingerprint density at radius 2 is 1.83 bits per heavy atom. The lowest BCUT2D eigenvalue weighted by atomic mass is 10.1. The molecule has 0 unspecified atom stereocenters. The van der Waals surface area contributed by atoms with Crippen molar-refractivity contribution in [2.24, 2.45) is 0 Å². The first-order valence-electron chi connectivity index (χ1n) is 10.8. The van der Waals surface area contributed by atoms with Gasteiger partial charge in [-0.2, -0.15) is 4.98 Å². The molecule has 4 rings (SSSR count). The first kappa shape index (κ1) is 24.0. The van der Waals surface area contributed by atoms with Crippen LogP contribution in [0.3, 0.4) is 0 Å². The van der Waals surface area contributed by atoms with Crippen LogP contribution in [0.2, 0.25) is 0 Å². The van der Waals surface area contributed by atoms with E-state index in [4.69, 9.17) is 4.74 Å². The molecule has 2 N–H and O–H groups in total. The number of nitro benzene ring substituents is 1. The van der Waals surface area contributed by atoms with Gasteiger partial charge in [0.05, 0.1) is 23.8 Å². The first-order chi connectivity index (χ1) is 16.7. The Bertz CT molecular complexity index is 1220. The summed E-state index contributed by atoms with van der Waals surface area (Å²) in [6.45, 7) is 0. The Morgan fingerprint density at radius 1 is 1.06 bits per heavy atom. The van der Waals surface area contributed by atoms with Crippen molar-refractivity contribution >= 4 is 23.1 Å². The van der Waals surface area contributed by atoms with Gasteiger partial charge in [0.2, 0.25) is 5.95 Å². The molecule has 0 saturated heterocycles. The van der Waals surface area contributed by atoms with Gasteiger partial charge in [-0.3, -0.25) is 10.1 Å². The van der Waals surface area contributed by atoms with E-state index in [0.29, 0.717) is 17.0 Å². The van der Waals surface area contributed by atoms with Crippen LogP contribution in [0.1, 0.15) is 25.7 Å². The highest BCUT2D eigenvalue weighted by molar-refractivity contribution is 5.73. The third-order valence-corrected chi connectivity index (χ3v) is 5.44. The smallest absolute Gasteiger partial charge is 0.496 e. The Balaban J connectivity index is 1.72. The standard InChI is InChI=1S/C23H22F3N5O4/c1-34-16-9-10-18(20(12-16)31(32)33)28-21-13-19(29-22(30-21)27-15-6-2-3-7-15)14-5-4-8-17(11-14)35-23(24,25)26/h4-5,8-13,15H,2-3,6-7H2,1H3,(H2,27,28,29,30). The Morgan fingerprint density at radius 3 is 2.51 bits per heavy atom. The van der Waals surface area contributed by atoms with E-state index in [0.717, 1.165) is 25.7 Å². The minimum atomic E-state index is -4.83. The van der Waals surface area contributed by atoms with E-state index in [1.165, 1.54) is 43.5 Å². The monoisotopic (exact) mass is 489 g/mol. The number of benzene rings is 2. The summed E-state index contributed by atoms with van der Waals surface area (Å²) in [6.07, 6.45) is -0.821. The van der Waals surface area contributed by atoms with Crippen LogP contribution in [-0.4, -0.2) is 34.4 Å². The third-order valence-electron chi connectivity index (χ3n) is 5.44. The number of hydrogen-bond donors (Lipinski definition) is 2. The lowest BCUT2D eigenvalue weighted by Gasteiger charge is -2.16. The number of nitro groups is 1. The highest BCUT2D eigenvalue weighted by Gasteiger charge is 2.31. The van der Waals surface area contributed by atoms with Gasteiger partial charge in [0.1, 0.15) is 23.0 Å². The van der Waals surface area contributed by atoms with E-state index in [1.807, 2.05) is 0 Å². The summed E-state index contributed by atoms with van der Waals surface area (Å²) in [7, 11) is 1.40. The second-order valence-electron chi connectivity index (χ2n) is 7.93. The van der Waals surface area contributed by atoms with Gasteiger partial charge in [-0.15, -0.1) is 13.2 Å². The molecule has 35 heavy (non-hydrogen) atoms. The molecule has 1 heterocycles. The van der Waals surface area contributed by atoms with Crippen molar-refractivity contribution < 1.29 is 27.6 Å². The first-order valence-corrected chi connectivity index (χ1v) is 10.8. The van der Waals surface area contributed by atoms with Crippen LogP contribution >= 0.6 is 0 Å². The van der Waals surface area contributed by atoms with E-state index in [9.17, 15) is 23.3 Å². The lowest BCUT2D eigenvalue weighted by molar-refractivity contribution is -0.384. The molecule has 0 radical (unpaired) electrons. The van der Waals surface area contributed by atoms with Crippen LogP contribution in [0.25, 0.3) is 11.3 Å². The van der Waals surface area contributed by atoms with E-state index in [1.54, 1.807) is 12.1 Å². The van der Waals surface area contributed by atoms with Crippen LogP contribution in [0.4, 0.5) is 36.3 Å². The van der Waals surface area contributed by atoms with Gasteiger partial charge in [-0.25, -0.2) is 4.98 Å². The van der Waals surface area contributed by atoms with Crippen molar-refractivity contribution in [3.63, 3.8) is 0 Å². The number of nitrogens with zero attached hydrogens (tertiary/aromatic N) is 3. The minimum absolute atomic E-state index is 0.160. The number of anilines is 3. The van der Waals surface area contributed by atoms with Gasteiger partial charge in [0.15, 0.2) is 0 Å². The second-order valence-corrected chi connectivity index (χ2v) is 7.93. The maximum atomic E-state index is 12.7.